The summed E-state index contributed by atoms with van der Waals surface area (Å²) in [5.41, 5.74) is 8.94. The molecular weight excluding hydrogens is 292 g/mol. The summed E-state index contributed by atoms with van der Waals surface area (Å²) < 4.78 is 6.00. The monoisotopic (exact) mass is 314 g/mol. The molecule has 0 N–H and O–H groups in total. The third-order valence-corrected chi connectivity index (χ3v) is 5.97. The lowest BCUT2D eigenvalue weighted by atomic mass is 9.72. The highest BCUT2D eigenvalue weighted by molar-refractivity contribution is 5.87. The Labute approximate surface area is 143 Å². The van der Waals surface area contributed by atoms with Crippen LogP contribution >= 0.6 is 0 Å². The minimum Gasteiger partial charge on any atom is -0.372 e. The van der Waals surface area contributed by atoms with Crippen LogP contribution in [0, 0.1) is 0 Å². The van der Waals surface area contributed by atoms with Crippen molar-refractivity contribution in [3.8, 4) is 0 Å². The van der Waals surface area contributed by atoms with Crippen LogP contribution in [-0.2, 0) is 10.2 Å². The van der Waals surface area contributed by atoms with E-state index in [4.69, 9.17) is 4.74 Å². The number of hydrogen-bond acceptors (Lipinski definition) is 1. The fraction of sp³-hybridized carbons (Fsp3) is 0.304. The van der Waals surface area contributed by atoms with Crippen LogP contribution in [0.2, 0.25) is 0 Å². The number of hydrogen-bond donors (Lipinski definition) is 0. The van der Waals surface area contributed by atoms with E-state index >= 15 is 0 Å². The molecule has 2 aliphatic carbocycles. The van der Waals surface area contributed by atoms with Gasteiger partial charge in [0.1, 0.15) is 0 Å². The average molecular weight is 314 g/mol. The van der Waals surface area contributed by atoms with Gasteiger partial charge in [-0.3, -0.25) is 0 Å². The summed E-state index contributed by atoms with van der Waals surface area (Å²) in [6, 6.07) is 19.7. The Morgan fingerprint density at radius 2 is 1.58 bits per heavy atom. The van der Waals surface area contributed by atoms with Gasteiger partial charge in [0.25, 0.3) is 0 Å². The summed E-state index contributed by atoms with van der Waals surface area (Å²) in [5, 5.41) is 0. The van der Waals surface area contributed by atoms with Gasteiger partial charge in [0.15, 0.2) is 0 Å². The van der Waals surface area contributed by atoms with Gasteiger partial charge >= 0.3 is 0 Å². The number of fused-ring (bicyclic) bond motifs is 4. The van der Waals surface area contributed by atoms with Gasteiger partial charge in [0, 0.05) is 5.41 Å². The highest BCUT2D eigenvalue weighted by atomic mass is 16.5. The molecular formula is C23H22O. The smallest absolute Gasteiger partial charge is 0.0730 e. The Kier molecular flexibility index (Phi) is 3.24. The van der Waals surface area contributed by atoms with Gasteiger partial charge in [-0.05, 0) is 52.3 Å². The Morgan fingerprint density at radius 1 is 0.833 bits per heavy atom. The standard InChI is InChI=1S/C23H22O/c1-2-8-17(9-3-1)14-18-15-24-16-20-19-10-4-5-11-21(19)23(22(18)20)12-6-7-13-23/h1-5,8-11,14H,6-7,12-13,15-16H2/b18-14+. The molecule has 1 heteroatoms. The van der Waals surface area contributed by atoms with Gasteiger partial charge in [0.2, 0.25) is 0 Å². The van der Waals surface area contributed by atoms with Gasteiger partial charge in [-0.15, -0.1) is 0 Å². The van der Waals surface area contributed by atoms with E-state index < -0.39 is 0 Å². The van der Waals surface area contributed by atoms with Crippen molar-refractivity contribution >= 4 is 11.6 Å². The molecule has 1 saturated carbocycles. The molecule has 1 aliphatic heterocycles. The number of benzene rings is 2. The van der Waals surface area contributed by atoms with Crippen molar-refractivity contribution in [3.05, 3.63) is 82.4 Å². The van der Waals surface area contributed by atoms with Gasteiger partial charge in [-0.25, -0.2) is 0 Å². The maximum absolute atomic E-state index is 6.00. The molecule has 0 atom stereocenters. The van der Waals surface area contributed by atoms with Crippen LogP contribution < -0.4 is 0 Å². The first-order valence-electron chi connectivity index (χ1n) is 9.06. The number of ether oxygens (including phenoxy) is 1. The first-order chi connectivity index (χ1) is 11.9. The lowest BCUT2D eigenvalue weighted by molar-refractivity contribution is 0.185. The second-order valence-electron chi connectivity index (χ2n) is 7.26. The molecule has 0 radical (unpaired) electrons. The molecule has 120 valence electrons. The van der Waals surface area contributed by atoms with Crippen LogP contribution in [0.15, 0.2) is 65.7 Å². The molecule has 0 amide bonds. The summed E-state index contributed by atoms with van der Waals surface area (Å²) in [6.45, 7) is 1.50. The van der Waals surface area contributed by atoms with Crippen molar-refractivity contribution in [2.24, 2.45) is 0 Å². The summed E-state index contributed by atoms with van der Waals surface area (Å²) in [5.74, 6) is 0. The third kappa shape index (κ3) is 1.98. The van der Waals surface area contributed by atoms with Crippen LogP contribution in [0.25, 0.3) is 11.6 Å². The third-order valence-electron chi connectivity index (χ3n) is 5.97. The fourth-order valence-corrected chi connectivity index (χ4v) is 5.07. The highest BCUT2D eigenvalue weighted by Gasteiger charge is 2.48. The van der Waals surface area contributed by atoms with E-state index in [9.17, 15) is 0 Å². The van der Waals surface area contributed by atoms with E-state index in [2.05, 4.69) is 60.7 Å². The Bertz CT molecular complexity index is 835. The zero-order valence-electron chi connectivity index (χ0n) is 13.9. The molecule has 24 heavy (non-hydrogen) atoms. The maximum atomic E-state index is 6.00. The van der Waals surface area contributed by atoms with E-state index in [0.717, 1.165) is 13.2 Å². The minimum absolute atomic E-state index is 0.246. The Morgan fingerprint density at radius 3 is 2.42 bits per heavy atom. The van der Waals surface area contributed by atoms with E-state index in [0.29, 0.717) is 0 Å². The van der Waals surface area contributed by atoms with Crippen molar-refractivity contribution in [2.45, 2.75) is 31.1 Å². The summed E-state index contributed by atoms with van der Waals surface area (Å²) in [6.07, 6.45) is 7.60. The summed E-state index contributed by atoms with van der Waals surface area (Å²) in [4.78, 5) is 0. The Hall–Kier alpha value is -2.12. The molecule has 0 bridgehead atoms. The highest BCUT2D eigenvalue weighted by Crippen LogP contribution is 2.58. The molecule has 5 rings (SSSR count). The maximum Gasteiger partial charge on any atom is 0.0730 e. The topological polar surface area (TPSA) is 9.23 Å². The number of rotatable bonds is 1. The predicted octanol–water partition coefficient (Wildman–Crippen LogP) is 5.38. The van der Waals surface area contributed by atoms with Gasteiger partial charge in [0.05, 0.1) is 13.2 Å². The van der Waals surface area contributed by atoms with Crippen LogP contribution in [0.4, 0.5) is 0 Å². The normalized spacial score (nSPS) is 22.9. The van der Waals surface area contributed by atoms with Crippen LogP contribution in [0.1, 0.15) is 42.4 Å². The van der Waals surface area contributed by atoms with Crippen LogP contribution in [0.5, 0.6) is 0 Å². The SMILES string of the molecule is C(=C1/COCC2=C1C1(CCCC1)c1ccccc12)/c1ccccc1. The van der Waals surface area contributed by atoms with E-state index in [-0.39, 0.29) is 5.41 Å². The molecule has 3 aliphatic rings. The van der Waals surface area contributed by atoms with Crippen LogP contribution in [-0.4, -0.2) is 13.2 Å². The van der Waals surface area contributed by atoms with Crippen molar-refractivity contribution in [2.75, 3.05) is 13.2 Å². The van der Waals surface area contributed by atoms with Gasteiger partial charge < -0.3 is 4.74 Å². The van der Waals surface area contributed by atoms with Gasteiger partial charge in [-0.2, -0.15) is 0 Å². The molecule has 0 aromatic heterocycles. The van der Waals surface area contributed by atoms with E-state index in [1.54, 1.807) is 11.1 Å². The molecule has 1 fully saturated rings. The second-order valence-corrected chi connectivity index (χ2v) is 7.26. The first-order valence-corrected chi connectivity index (χ1v) is 9.06. The van der Waals surface area contributed by atoms with Crippen molar-refractivity contribution in [1.82, 2.24) is 0 Å². The van der Waals surface area contributed by atoms with E-state index in [1.165, 1.54) is 48.0 Å². The molecule has 1 heterocycles. The molecule has 1 spiro atoms. The van der Waals surface area contributed by atoms with E-state index in [1.807, 2.05) is 0 Å². The summed E-state index contributed by atoms with van der Waals surface area (Å²) in [7, 11) is 0. The van der Waals surface area contributed by atoms with Crippen molar-refractivity contribution in [1.29, 1.82) is 0 Å². The van der Waals surface area contributed by atoms with Crippen molar-refractivity contribution < 1.29 is 4.74 Å². The zero-order chi connectivity index (χ0) is 16.0. The second kappa shape index (κ2) is 5.46. The lowest BCUT2D eigenvalue weighted by Gasteiger charge is -2.32. The lowest BCUT2D eigenvalue weighted by Crippen LogP contribution is -2.26. The molecule has 2 aromatic rings. The molecule has 0 unspecified atom stereocenters. The zero-order valence-corrected chi connectivity index (χ0v) is 13.9. The largest absolute Gasteiger partial charge is 0.372 e. The first kappa shape index (κ1) is 14.2. The molecule has 2 aromatic carbocycles. The van der Waals surface area contributed by atoms with Crippen LogP contribution in [0.3, 0.4) is 0 Å². The Balaban J connectivity index is 1.72. The van der Waals surface area contributed by atoms with Crippen molar-refractivity contribution in [3.63, 3.8) is 0 Å². The minimum atomic E-state index is 0.246. The quantitative estimate of drug-likeness (QED) is 0.686. The summed E-state index contributed by atoms with van der Waals surface area (Å²) >= 11 is 0. The van der Waals surface area contributed by atoms with Gasteiger partial charge in [-0.1, -0.05) is 67.4 Å². The fourth-order valence-electron chi connectivity index (χ4n) is 5.07. The molecule has 1 nitrogen and oxygen atoms in total. The average Bonchev–Trinajstić information content (AvgIpc) is 3.23. The molecule has 0 saturated heterocycles. The predicted molar refractivity (Wildman–Crippen MR) is 98.7 cm³/mol.